The molecule has 0 atom stereocenters. The van der Waals surface area contributed by atoms with E-state index in [0.29, 0.717) is 11.2 Å². The van der Waals surface area contributed by atoms with Crippen molar-refractivity contribution in [1.82, 2.24) is 51.4 Å². The van der Waals surface area contributed by atoms with Crippen molar-refractivity contribution >= 4 is 72.2 Å². The van der Waals surface area contributed by atoms with Crippen LogP contribution in [0.15, 0.2) is 224 Å². The van der Waals surface area contributed by atoms with Crippen molar-refractivity contribution in [3.8, 4) is 51.8 Å². The number of imidazole rings is 6. The molecule has 0 unspecified atom stereocenters. The van der Waals surface area contributed by atoms with E-state index >= 15 is 0 Å². The third kappa shape index (κ3) is 6.72. The maximum Gasteiger partial charge on any atom is 0.329 e. The summed E-state index contributed by atoms with van der Waals surface area (Å²) in [6, 6.07) is 60.0. The molecule has 0 bridgehead atoms. The van der Waals surface area contributed by atoms with Crippen LogP contribution in [0.25, 0.3) is 124 Å². The zero-order valence-electron chi connectivity index (χ0n) is 49.2. The SMILES string of the molecule is Cn1c2ccccc2c2oc3[n+](c21)Cc1cccnc1-3.Cn1c2ccccc2n2c3[n+](cc12)Cc1cccnc1-3.[2H]C([2H])([2H])n1c2ccccc2n2c3[n+](cc12)Cc1cccnc1-3.c1ccc(-n2c3ccccc3n3c4[n+](cc23)Cc2cccnc2-4)cc1. The highest BCUT2D eigenvalue weighted by Crippen LogP contribution is 2.37. The van der Waals surface area contributed by atoms with Gasteiger partial charge in [-0.15, -0.1) is 0 Å². The monoisotopic (exact) mass is 1110 g/mol. The topological polar surface area (TPSA) is 113 Å². The van der Waals surface area contributed by atoms with Gasteiger partial charge in [0.1, 0.15) is 31.7 Å². The molecule has 4 aliphatic heterocycles. The van der Waals surface area contributed by atoms with Crippen molar-refractivity contribution in [2.24, 2.45) is 21.1 Å². The zero-order chi connectivity index (χ0) is 58.7. The molecule has 17 aromatic rings. The van der Waals surface area contributed by atoms with Crippen molar-refractivity contribution in [2.75, 3.05) is 0 Å². The van der Waals surface area contributed by atoms with Gasteiger partial charge in [0.05, 0.1) is 29.0 Å². The Bertz CT molecular complexity index is 5750. The van der Waals surface area contributed by atoms with E-state index in [1.165, 1.54) is 71.6 Å². The molecular weight excluding hydrogens is 1050 g/mol. The Balaban J connectivity index is 0.0000000883. The number of aryl methyl sites for hydroxylation is 3. The summed E-state index contributed by atoms with van der Waals surface area (Å²) in [6.45, 7) is 1.10. The predicted molar refractivity (Wildman–Crippen MR) is 325 cm³/mol. The first-order chi connectivity index (χ1) is 43.2. The van der Waals surface area contributed by atoms with Gasteiger partial charge in [0, 0.05) is 70.9 Å². The molecule has 0 amide bonds. The van der Waals surface area contributed by atoms with E-state index < -0.39 is 6.98 Å². The third-order valence-electron chi connectivity index (χ3n) is 17.5. The summed E-state index contributed by atoms with van der Waals surface area (Å²) in [4.78, 5) is 18.2. The molecule has 0 saturated heterocycles. The van der Waals surface area contributed by atoms with Crippen LogP contribution in [0, 0.1) is 0 Å². The molecule has 406 valence electrons. The summed E-state index contributed by atoms with van der Waals surface area (Å²) in [5.74, 6) is 4.16. The fourth-order valence-corrected chi connectivity index (χ4v) is 13.8. The quantitative estimate of drug-likeness (QED) is 0.152. The number of aromatic nitrogens is 15. The minimum atomic E-state index is -2.23. The maximum atomic E-state index is 7.91. The average molecular weight is 1110 g/mol. The van der Waals surface area contributed by atoms with Gasteiger partial charge in [-0.2, -0.15) is 17.8 Å². The van der Waals surface area contributed by atoms with Crippen molar-refractivity contribution < 1.29 is 26.8 Å². The molecule has 5 aromatic carbocycles. The number of fused-ring (bicyclic) bond motifs is 28. The number of hydrogen-bond donors (Lipinski definition) is 0. The molecule has 4 aliphatic rings. The molecule has 0 spiro atoms. The van der Waals surface area contributed by atoms with Crippen molar-refractivity contribution in [3.05, 3.63) is 242 Å². The van der Waals surface area contributed by atoms with Crippen LogP contribution in [0.2, 0.25) is 0 Å². The molecule has 0 saturated carbocycles. The Labute approximate surface area is 488 Å². The van der Waals surface area contributed by atoms with E-state index in [1.54, 1.807) is 6.20 Å². The summed E-state index contributed by atoms with van der Waals surface area (Å²) in [7, 11) is 4.20. The highest BCUT2D eigenvalue weighted by atomic mass is 16.4. The summed E-state index contributed by atoms with van der Waals surface area (Å²) >= 11 is 0. The van der Waals surface area contributed by atoms with Crippen LogP contribution in [-0.4, -0.2) is 51.4 Å². The largest absolute Gasteiger partial charge is 0.412 e. The van der Waals surface area contributed by atoms with E-state index in [1.807, 2.05) is 83.8 Å². The molecular formula is C69H53N15O+4. The Kier molecular flexibility index (Phi) is 9.33. The van der Waals surface area contributed by atoms with Gasteiger partial charge in [0.25, 0.3) is 5.65 Å². The molecule has 0 aliphatic carbocycles. The Hall–Kier alpha value is -11.3. The number of para-hydroxylation sites is 8. The lowest BCUT2D eigenvalue weighted by Crippen LogP contribution is -2.32. The molecule has 0 N–H and O–H groups in total. The van der Waals surface area contributed by atoms with Gasteiger partial charge < -0.3 is 13.6 Å². The number of nitrogens with zero attached hydrogens (tertiary/aromatic N) is 15. The van der Waals surface area contributed by atoms with Gasteiger partial charge in [-0.1, -0.05) is 91.0 Å². The van der Waals surface area contributed by atoms with Gasteiger partial charge >= 0.3 is 29.0 Å². The number of pyridine rings is 4. The van der Waals surface area contributed by atoms with Crippen LogP contribution < -0.4 is 18.3 Å². The van der Waals surface area contributed by atoms with Crippen LogP contribution >= 0.6 is 0 Å². The predicted octanol–water partition coefficient (Wildman–Crippen LogP) is 10.5. The van der Waals surface area contributed by atoms with E-state index in [2.05, 4.69) is 209 Å². The number of oxazole rings is 1. The molecule has 0 radical (unpaired) electrons. The summed E-state index contributed by atoms with van der Waals surface area (Å²) < 4.78 is 53.6. The lowest BCUT2D eigenvalue weighted by atomic mass is 10.2. The third-order valence-corrected chi connectivity index (χ3v) is 17.5. The minimum absolute atomic E-state index is 0.664. The Morgan fingerprint density at radius 3 is 1.38 bits per heavy atom. The van der Waals surface area contributed by atoms with E-state index in [4.69, 9.17) is 8.53 Å². The van der Waals surface area contributed by atoms with Crippen molar-refractivity contribution in [3.63, 3.8) is 0 Å². The fourth-order valence-electron chi connectivity index (χ4n) is 13.8. The van der Waals surface area contributed by atoms with E-state index in [0.717, 1.165) is 94.2 Å². The molecule has 16 nitrogen and oxygen atoms in total. The number of hydrogen-bond acceptors (Lipinski definition) is 5. The summed E-state index contributed by atoms with van der Waals surface area (Å²) in [5.41, 5.74) is 23.0. The number of rotatable bonds is 1. The zero-order valence-corrected chi connectivity index (χ0v) is 46.2. The van der Waals surface area contributed by atoms with Gasteiger partial charge in [-0.25, -0.2) is 38.2 Å². The molecule has 0 fully saturated rings. The highest BCUT2D eigenvalue weighted by Gasteiger charge is 2.38. The minimum Gasteiger partial charge on any atom is -0.412 e. The normalized spacial score (nSPS) is 13.6. The highest BCUT2D eigenvalue weighted by molar-refractivity contribution is 6.02. The van der Waals surface area contributed by atoms with Crippen molar-refractivity contribution in [2.45, 2.75) is 26.2 Å². The van der Waals surface area contributed by atoms with Crippen molar-refractivity contribution in [1.29, 1.82) is 0 Å². The Morgan fingerprint density at radius 1 is 0.400 bits per heavy atom. The first-order valence-electron chi connectivity index (χ1n) is 30.0. The van der Waals surface area contributed by atoms with Gasteiger partial charge in [0.15, 0.2) is 57.9 Å². The summed E-state index contributed by atoms with van der Waals surface area (Å²) in [6.07, 6.45) is 13.7. The molecule has 16 heterocycles. The van der Waals surface area contributed by atoms with Crippen LogP contribution in [-0.2, 0) is 47.3 Å². The second kappa shape index (κ2) is 17.9. The van der Waals surface area contributed by atoms with Gasteiger partial charge in [-0.3, -0.25) is 4.57 Å². The second-order valence-electron chi connectivity index (χ2n) is 22.1. The van der Waals surface area contributed by atoms with Gasteiger partial charge in [-0.05, 0) is 84.9 Å². The number of benzene rings is 5. The fraction of sp³-hybridized carbons (Fsp3) is 0.101. The lowest BCUT2D eigenvalue weighted by molar-refractivity contribution is -0.670. The van der Waals surface area contributed by atoms with Crippen LogP contribution in [0.4, 0.5) is 0 Å². The first kappa shape index (κ1) is 44.4. The van der Waals surface area contributed by atoms with Crippen LogP contribution in [0.5, 0.6) is 0 Å². The van der Waals surface area contributed by atoms with Crippen LogP contribution in [0.3, 0.4) is 0 Å². The standard InChI is InChI=1S/C21H15N4.2C16H13N4.C16H12N3O/c1-2-8-16(9-3-1)24-17-10-4-5-11-18(17)25-19(24)14-23-13-15-7-6-12-22-20(15)21(23)25;2*1-18-12-6-2-3-7-13(12)20-14(18)10-19-9-11-5-4-8-17-15(11)16(19)20;1-18-12-7-3-2-6-11(12)14-15(18)19-9-10-5-4-8-17-13(10)16(19)20-14/h1-12,14H,13H2;2*2-8,10H,9H2,1H3;2-8H,9H2,1H3/q4*+1/i;1D3;;. The summed E-state index contributed by atoms with van der Waals surface area (Å²) in [5, 5.41) is 1.16. The Morgan fingerprint density at radius 2 is 0.824 bits per heavy atom. The maximum absolute atomic E-state index is 7.91. The smallest absolute Gasteiger partial charge is 0.329 e. The van der Waals surface area contributed by atoms with E-state index in [-0.39, 0.29) is 0 Å². The molecule has 85 heavy (non-hydrogen) atoms. The second-order valence-corrected chi connectivity index (χ2v) is 22.1. The average Bonchev–Trinajstić information content (AvgIpc) is 1.66. The molecule has 21 rings (SSSR count). The molecule has 16 heteroatoms. The molecule has 12 aromatic heterocycles. The first-order valence-corrected chi connectivity index (χ1v) is 28.5. The van der Waals surface area contributed by atoms with Crippen LogP contribution in [0.1, 0.15) is 26.4 Å². The van der Waals surface area contributed by atoms with E-state index in [9.17, 15) is 0 Å². The van der Waals surface area contributed by atoms with Gasteiger partial charge in [0.2, 0.25) is 16.9 Å². The lowest BCUT2D eigenvalue weighted by Gasteiger charge is -2.02.